The quantitative estimate of drug-likeness (QED) is 0.587. The van der Waals surface area contributed by atoms with Crippen molar-refractivity contribution in [3.8, 4) is 0 Å². The highest BCUT2D eigenvalue weighted by Gasteiger charge is 2.47. The van der Waals surface area contributed by atoms with E-state index in [4.69, 9.17) is 11.6 Å². The summed E-state index contributed by atoms with van der Waals surface area (Å²) in [5, 5.41) is 3.60. The van der Waals surface area contributed by atoms with Crippen LogP contribution in [0, 0.1) is 0 Å². The van der Waals surface area contributed by atoms with E-state index in [-0.39, 0.29) is 0 Å². The van der Waals surface area contributed by atoms with Gasteiger partial charge in [0.1, 0.15) is 6.04 Å². The topological polar surface area (TPSA) is 62.3 Å². The summed E-state index contributed by atoms with van der Waals surface area (Å²) >= 11 is 6.25. The third-order valence-electron chi connectivity index (χ3n) is 4.32. The van der Waals surface area contributed by atoms with Crippen molar-refractivity contribution in [2.45, 2.75) is 30.8 Å². The lowest BCUT2D eigenvalue weighted by molar-refractivity contribution is -0.131. The maximum Gasteiger partial charge on any atom is 0.252 e. The lowest BCUT2D eigenvalue weighted by Gasteiger charge is -2.37. The van der Waals surface area contributed by atoms with Crippen LogP contribution in [-0.2, 0) is 9.59 Å². The minimum absolute atomic E-state index is 0.290. The van der Waals surface area contributed by atoms with Gasteiger partial charge in [-0.05, 0) is 17.4 Å². The zero-order valence-electron chi connectivity index (χ0n) is 14.1. The Morgan fingerprint density at radius 3 is 2.67 bits per heavy atom. The van der Waals surface area contributed by atoms with Crippen LogP contribution in [0.4, 0.5) is 14.5 Å². The number of hydrogen-bond acceptors (Lipinski definition) is 3. The van der Waals surface area contributed by atoms with E-state index in [0.717, 1.165) is 5.30 Å². The molecule has 2 atom stereocenters. The van der Waals surface area contributed by atoms with E-state index in [2.05, 4.69) is 19.5 Å². The van der Waals surface area contributed by atoms with Gasteiger partial charge in [-0.2, -0.15) is 0 Å². The van der Waals surface area contributed by atoms with Gasteiger partial charge in [-0.25, -0.2) is 8.78 Å². The monoisotopic (exact) mass is 411 g/mol. The van der Waals surface area contributed by atoms with Crippen molar-refractivity contribution in [2.75, 3.05) is 4.90 Å². The summed E-state index contributed by atoms with van der Waals surface area (Å²) in [6.07, 6.45) is 2.69. The van der Waals surface area contributed by atoms with Gasteiger partial charge in [0.15, 0.2) is 0 Å². The molecule has 0 bridgehead atoms. The highest BCUT2D eigenvalue weighted by atomic mass is 35.5. The molecule has 5 nitrogen and oxygen atoms in total. The van der Waals surface area contributed by atoms with Gasteiger partial charge >= 0.3 is 0 Å². The van der Waals surface area contributed by atoms with E-state index in [1.807, 2.05) is 0 Å². The SMILES string of the molecule is O=CN(c1cncc(P)c1)[C@@H](C(=O)NC1CC(F)(F)C1)c1ccccc1Cl. The minimum Gasteiger partial charge on any atom is -0.351 e. The molecule has 9 heteroatoms. The summed E-state index contributed by atoms with van der Waals surface area (Å²) in [6.45, 7) is 0. The molecule has 0 saturated heterocycles. The zero-order chi connectivity index (χ0) is 19.6. The molecule has 1 N–H and O–H groups in total. The van der Waals surface area contributed by atoms with Crippen LogP contribution < -0.4 is 15.5 Å². The van der Waals surface area contributed by atoms with Gasteiger partial charge in [0.05, 0.1) is 11.9 Å². The molecule has 3 rings (SSSR count). The van der Waals surface area contributed by atoms with Gasteiger partial charge in [0.25, 0.3) is 5.92 Å². The Labute approximate surface area is 162 Å². The largest absolute Gasteiger partial charge is 0.351 e. The van der Waals surface area contributed by atoms with E-state index < -0.39 is 36.8 Å². The Bertz CT molecular complexity index is 860. The van der Waals surface area contributed by atoms with Crippen molar-refractivity contribution in [3.63, 3.8) is 0 Å². The third kappa shape index (κ3) is 4.42. The van der Waals surface area contributed by atoms with Crippen LogP contribution in [0.3, 0.4) is 0 Å². The smallest absolute Gasteiger partial charge is 0.252 e. The van der Waals surface area contributed by atoms with E-state index in [9.17, 15) is 18.4 Å². The average Bonchev–Trinajstić information content (AvgIpc) is 2.58. The molecule has 1 saturated carbocycles. The minimum atomic E-state index is -2.76. The van der Waals surface area contributed by atoms with E-state index in [1.54, 1.807) is 36.5 Å². The number of halogens is 3. The first-order valence-electron chi connectivity index (χ1n) is 8.17. The molecule has 27 heavy (non-hydrogen) atoms. The summed E-state index contributed by atoms with van der Waals surface area (Å²) in [7, 11) is 2.46. The molecule has 142 valence electrons. The Kier molecular flexibility index (Phi) is 5.72. The number of rotatable bonds is 6. The number of alkyl halides is 2. The van der Waals surface area contributed by atoms with Crippen LogP contribution in [-0.4, -0.2) is 29.3 Å². The maximum absolute atomic E-state index is 13.1. The fourth-order valence-electron chi connectivity index (χ4n) is 3.01. The summed E-state index contributed by atoms with van der Waals surface area (Å²) in [5.74, 6) is -3.34. The number of hydrogen-bond donors (Lipinski definition) is 1. The second kappa shape index (κ2) is 7.87. The Hall–Kier alpha value is -2.11. The van der Waals surface area contributed by atoms with Gasteiger partial charge < -0.3 is 5.32 Å². The zero-order valence-corrected chi connectivity index (χ0v) is 16.0. The molecular weight excluding hydrogens is 395 g/mol. The first-order chi connectivity index (χ1) is 12.8. The number of carbonyl (C=O) groups excluding carboxylic acids is 2. The molecule has 1 aliphatic carbocycles. The molecule has 1 aromatic carbocycles. The van der Waals surface area contributed by atoms with Gasteiger partial charge in [-0.15, -0.1) is 9.24 Å². The van der Waals surface area contributed by atoms with Crippen molar-refractivity contribution >= 4 is 44.1 Å². The maximum atomic E-state index is 13.1. The van der Waals surface area contributed by atoms with Crippen LogP contribution >= 0.6 is 20.8 Å². The van der Waals surface area contributed by atoms with Gasteiger partial charge in [-0.1, -0.05) is 29.8 Å². The predicted octanol–water partition coefficient (Wildman–Crippen LogP) is 2.85. The lowest BCUT2D eigenvalue weighted by atomic mass is 9.88. The first-order valence-corrected chi connectivity index (χ1v) is 9.13. The fourth-order valence-corrected chi connectivity index (χ4v) is 3.51. The molecule has 0 radical (unpaired) electrons. The summed E-state index contributed by atoms with van der Waals surface area (Å²) in [4.78, 5) is 30.0. The van der Waals surface area contributed by atoms with E-state index >= 15 is 0 Å². The molecule has 0 spiro atoms. The third-order valence-corrected chi connectivity index (χ3v) is 4.98. The molecule has 1 heterocycles. The van der Waals surface area contributed by atoms with Crippen LogP contribution in [0.5, 0.6) is 0 Å². The second-order valence-corrected chi connectivity index (χ2v) is 7.46. The van der Waals surface area contributed by atoms with Crippen LogP contribution in [0.15, 0.2) is 42.7 Å². The Balaban J connectivity index is 1.95. The number of aromatic nitrogens is 1. The average molecular weight is 412 g/mol. The number of benzene rings is 1. The van der Waals surface area contributed by atoms with Crippen molar-refractivity contribution in [3.05, 3.63) is 53.3 Å². The second-order valence-electron chi connectivity index (χ2n) is 6.38. The molecular formula is C18H17ClF2N3O2P. The van der Waals surface area contributed by atoms with Crippen molar-refractivity contribution in [1.29, 1.82) is 0 Å². The molecule has 2 amide bonds. The molecule has 1 unspecified atom stereocenters. The number of nitrogens with one attached hydrogen (secondary N) is 1. The van der Waals surface area contributed by atoms with Gasteiger partial charge in [0.2, 0.25) is 12.3 Å². The van der Waals surface area contributed by atoms with Crippen LogP contribution in [0.2, 0.25) is 5.02 Å². The van der Waals surface area contributed by atoms with Crippen LogP contribution in [0.1, 0.15) is 24.4 Å². The first kappa shape index (κ1) is 19.6. The number of carbonyl (C=O) groups is 2. The number of nitrogens with zero attached hydrogens (tertiary/aromatic N) is 2. The number of amides is 2. The number of pyridine rings is 1. The molecule has 1 fully saturated rings. The highest BCUT2D eigenvalue weighted by molar-refractivity contribution is 7.27. The van der Waals surface area contributed by atoms with Crippen molar-refractivity contribution in [2.24, 2.45) is 0 Å². The normalized spacial score (nSPS) is 16.9. The number of anilines is 1. The summed E-state index contributed by atoms with van der Waals surface area (Å²) < 4.78 is 26.2. The van der Waals surface area contributed by atoms with Gasteiger partial charge in [0, 0.05) is 35.7 Å². The molecule has 1 aromatic heterocycles. The Morgan fingerprint density at radius 2 is 2.07 bits per heavy atom. The predicted molar refractivity (Wildman–Crippen MR) is 102 cm³/mol. The lowest BCUT2D eigenvalue weighted by Crippen LogP contribution is -2.53. The van der Waals surface area contributed by atoms with Crippen molar-refractivity contribution in [1.82, 2.24) is 10.3 Å². The summed E-state index contributed by atoms with van der Waals surface area (Å²) in [5.41, 5.74) is 0.778. The van der Waals surface area contributed by atoms with Crippen molar-refractivity contribution < 1.29 is 18.4 Å². The van der Waals surface area contributed by atoms with E-state index in [0.29, 0.717) is 22.7 Å². The van der Waals surface area contributed by atoms with Gasteiger partial charge in [-0.3, -0.25) is 19.5 Å². The van der Waals surface area contributed by atoms with E-state index in [1.165, 1.54) is 11.1 Å². The summed E-state index contributed by atoms with van der Waals surface area (Å²) in [6, 6.07) is 6.52. The fraction of sp³-hybridized carbons (Fsp3) is 0.278. The standard InChI is InChI=1S/C18H17ClF2N3O2P/c19-15-4-2-1-3-14(15)16(17(26)23-11-6-18(20,21)7-11)24(10-25)12-5-13(27)9-22-8-12/h1-5,8-11,16H,6-7,27H2,(H,23,26)/t16-/m1/s1. The highest BCUT2D eigenvalue weighted by Crippen LogP contribution is 2.38. The molecule has 1 aliphatic rings. The molecule has 2 aromatic rings. The Morgan fingerprint density at radius 1 is 1.37 bits per heavy atom. The van der Waals surface area contributed by atoms with Crippen LogP contribution in [0.25, 0.3) is 0 Å². The molecule has 0 aliphatic heterocycles.